The third-order valence-corrected chi connectivity index (χ3v) is 3.19. The van der Waals surface area contributed by atoms with Gasteiger partial charge in [-0.2, -0.15) is 0 Å². The Kier molecular flexibility index (Phi) is 2.88. The number of imidazole rings is 1. The molecule has 0 unspecified atom stereocenters. The molecular formula is C15H23N3. The van der Waals surface area contributed by atoms with E-state index in [-0.39, 0.29) is 11.0 Å². The maximum absolute atomic E-state index is 5.79. The quantitative estimate of drug-likeness (QED) is 0.818. The van der Waals surface area contributed by atoms with Crippen LogP contribution in [0, 0.1) is 5.41 Å². The first-order valence-electron chi connectivity index (χ1n) is 6.42. The van der Waals surface area contributed by atoms with Gasteiger partial charge in [0, 0.05) is 11.2 Å². The van der Waals surface area contributed by atoms with Crippen molar-refractivity contribution in [2.24, 2.45) is 5.41 Å². The summed E-state index contributed by atoms with van der Waals surface area (Å²) in [6.45, 7) is 11.3. The molecule has 3 nitrogen and oxygen atoms in total. The van der Waals surface area contributed by atoms with E-state index in [9.17, 15) is 0 Å². The molecule has 0 aliphatic carbocycles. The van der Waals surface area contributed by atoms with Gasteiger partial charge in [0.15, 0.2) is 0 Å². The Morgan fingerprint density at radius 3 is 2.44 bits per heavy atom. The molecule has 1 aromatic carbocycles. The number of rotatable bonds is 2. The van der Waals surface area contributed by atoms with Gasteiger partial charge in [0.2, 0.25) is 0 Å². The molecule has 0 bridgehead atoms. The minimum Gasteiger partial charge on any atom is -0.399 e. The summed E-state index contributed by atoms with van der Waals surface area (Å²) in [5, 5.41) is 0. The highest BCUT2D eigenvalue weighted by Crippen LogP contribution is 2.34. The lowest BCUT2D eigenvalue weighted by Crippen LogP contribution is -2.30. The molecule has 0 spiro atoms. The van der Waals surface area contributed by atoms with Gasteiger partial charge in [-0.3, -0.25) is 0 Å². The maximum atomic E-state index is 5.79. The molecule has 1 heterocycles. The molecule has 0 fully saturated rings. The summed E-state index contributed by atoms with van der Waals surface area (Å²) in [7, 11) is 0. The van der Waals surface area contributed by atoms with Gasteiger partial charge in [-0.05, 0) is 43.9 Å². The first kappa shape index (κ1) is 12.9. The monoisotopic (exact) mass is 245 g/mol. The molecule has 18 heavy (non-hydrogen) atoms. The fourth-order valence-corrected chi connectivity index (χ4v) is 2.90. The van der Waals surface area contributed by atoms with Crippen LogP contribution < -0.4 is 5.73 Å². The van der Waals surface area contributed by atoms with Crippen molar-refractivity contribution >= 4 is 16.7 Å². The lowest BCUT2D eigenvalue weighted by atomic mass is 9.81. The number of anilines is 1. The van der Waals surface area contributed by atoms with E-state index in [0.29, 0.717) is 0 Å². The number of nitrogens with two attached hydrogens (primary N) is 1. The predicted octanol–water partition coefficient (Wildman–Crippen LogP) is 3.79. The summed E-state index contributed by atoms with van der Waals surface area (Å²) < 4.78 is 2.26. The summed E-state index contributed by atoms with van der Waals surface area (Å²) in [6.07, 6.45) is 3.02. The van der Waals surface area contributed by atoms with E-state index in [1.165, 1.54) is 0 Å². The zero-order valence-corrected chi connectivity index (χ0v) is 12.0. The zero-order chi connectivity index (χ0) is 13.6. The topological polar surface area (TPSA) is 43.8 Å². The van der Waals surface area contributed by atoms with Gasteiger partial charge in [0.1, 0.15) is 0 Å². The Morgan fingerprint density at radius 2 is 1.83 bits per heavy atom. The minimum atomic E-state index is 0.0448. The molecule has 2 rings (SSSR count). The van der Waals surface area contributed by atoms with Gasteiger partial charge in [0.05, 0.1) is 17.4 Å². The lowest BCUT2D eigenvalue weighted by Gasteiger charge is -2.34. The van der Waals surface area contributed by atoms with Crippen LogP contribution in [0.15, 0.2) is 24.5 Å². The van der Waals surface area contributed by atoms with Crippen molar-refractivity contribution in [1.82, 2.24) is 9.55 Å². The van der Waals surface area contributed by atoms with Gasteiger partial charge in [-0.15, -0.1) is 0 Å². The molecule has 0 amide bonds. The van der Waals surface area contributed by atoms with Crippen molar-refractivity contribution in [3.05, 3.63) is 24.5 Å². The Morgan fingerprint density at radius 1 is 1.17 bits per heavy atom. The number of benzene rings is 1. The highest BCUT2D eigenvalue weighted by Gasteiger charge is 2.28. The number of nitrogens with zero attached hydrogens (tertiary/aromatic N) is 2. The Labute approximate surface area is 109 Å². The standard InChI is InChI=1S/C15H23N3/c1-14(2,3)9-15(4,5)18-10-17-12-8-11(16)6-7-13(12)18/h6-8,10H,9,16H2,1-5H3. The Balaban J connectivity index is 2.47. The van der Waals surface area contributed by atoms with Gasteiger partial charge < -0.3 is 10.3 Å². The highest BCUT2D eigenvalue weighted by atomic mass is 15.1. The van der Waals surface area contributed by atoms with E-state index in [0.717, 1.165) is 23.1 Å². The third kappa shape index (κ3) is 2.50. The minimum absolute atomic E-state index is 0.0448. The van der Waals surface area contributed by atoms with Crippen molar-refractivity contribution in [1.29, 1.82) is 0 Å². The predicted molar refractivity (Wildman–Crippen MR) is 77.5 cm³/mol. The molecule has 2 aromatic rings. The summed E-state index contributed by atoms with van der Waals surface area (Å²) >= 11 is 0. The fraction of sp³-hybridized carbons (Fsp3) is 0.533. The molecule has 2 N–H and O–H groups in total. The van der Waals surface area contributed by atoms with Crippen molar-refractivity contribution in [3.8, 4) is 0 Å². The molecule has 0 saturated heterocycles. The molecule has 0 saturated carbocycles. The van der Waals surface area contributed by atoms with Crippen LogP contribution in [0.25, 0.3) is 11.0 Å². The summed E-state index contributed by atoms with van der Waals surface area (Å²) in [5.74, 6) is 0. The summed E-state index contributed by atoms with van der Waals surface area (Å²) in [5.41, 5.74) is 9.01. The Bertz CT molecular complexity index is 559. The van der Waals surface area contributed by atoms with Gasteiger partial charge in [0.25, 0.3) is 0 Å². The van der Waals surface area contributed by atoms with E-state index >= 15 is 0 Å². The van der Waals surface area contributed by atoms with E-state index in [1.807, 2.05) is 18.5 Å². The van der Waals surface area contributed by atoms with Crippen molar-refractivity contribution < 1.29 is 0 Å². The summed E-state index contributed by atoms with van der Waals surface area (Å²) in [6, 6.07) is 5.93. The number of hydrogen-bond acceptors (Lipinski definition) is 2. The lowest BCUT2D eigenvalue weighted by molar-refractivity contribution is 0.219. The van der Waals surface area contributed by atoms with Gasteiger partial charge in [-0.25, -0.2) is 4.98 Å². The molecule has 0 aliphatic rings. The first-order valence-corrected chi connectivity index (χ1v) is 6.42. The number of aromatic nitrogens is 2. The molecule has 0 radical (unpaired) electrons. The van der Waals surface area contributed by atoms with E-state index in [4.69, 9.17) is 5.73 Å². The van der Waals surface area contributed by atoms with E-state index in [2.05, 4.69) is 50.2 Å². The van der Waals surface area contributed by atoms with Crippen LogP contribution in [0.3, 0.4) is 0 Å². The van der Waals surface area contributed by atoms with E-state index < -0.39 is 0 Å². The van der Waals surface area contributed by atoms with Crippen molar-refractivity contribution in [2.75, 3.05) is 5.73 Å². The Hall–Kier alpha value is -1.51. The largest absolute Gasteiger partial charge is 0.399 e. The molecule has 0 aliphatic heterocycles. The second-order valence-corrected chi connectivity index (χ2v) is 6.91. The third-order valence-electron chi connectivity index (χ3n) is 3.19. The van der Waals surface area contributed by atoms with Crippen LogP contribution in [-0.2, 0) is 5.54 Å². The number of hydrogen-bond donors (Lipinski definition) is 1. The smallest absolute Gasteiger partial charge is 0.0963 e. The van der Waals surface area contributed by atoms with Crippen LogP contribution in [0.4, 0.5) is 5.69 Å². The van der Waals surface area contributed by atoms with Gasteiger partial charge >= 0.3 is 0 Å². The SMILES string of the molecule is CC(C)(C)CC(C)(C)n1cnc2cc(N)ccc21. The van der Waals surface area contributed by atoms with Crippen molar-refractivity contribution in [2.45, 2.75) is 46.6 Å². The number of fused-ring (bicyclic) bond motifs is 1. The number of nitrogen functional groups attached to an aromatic ring is 1. The van der Waals surface area contributed by atoms with Crippen LogP contribution in [0.2, 0.25) is 0 Å². The normalized spacial score (nSPS) is 13.2. The highest BCUT2D eigenvalue weighted by molar-refractivity contribution is 5.79. The van der Waals surface area contributed by atoms with Crippen LogP contribution in [0.1, 0.15) is 41.0 Å². The van der Waals surface area contributed by atoms with Crippen LogP contribution in [-0.4, -0.2) is 9.55 Å². The summed E-state index contributed by atoms with van der Waals surface area (Å²) in [4.78, 5) is 4.46. The van der Waals surface area contributed by atoms with Gasteiger partial charge in [-0.1, -0.05) is 20.8 Å². The van der Waals surface area contributed by atoms with Crippen LogP contribution >= 0.6 is 0 Å². The van der Waals surface area contributed by atoms with Crippen LogP contribution in [0.5, 0.6) is 0 Å². The second kappa shape index (κ2) is 4.01. The first-order chi connectivity index (χ1) is 8.19. The average molecular weight is 245 g/mol. The zero-order valence-electron chi connectivity index (χ0n) is 12.0. The van der Waals surface area contributed by atoms with E-state index in [1.54, 1.807) is 0 Å². The fourth-order valence-electron chi connectivity index (χ4n) is 2.90. The molecule has 3 heteroatoms. The molecule has 1 aromatic heterocycles. The molecule has 0 atom stereocenters. The second-order valence-electron chi connectivity index (χ2n) is 6.91. The average Bonchev–Trinajstić information content (AvgIpc) is 2.56. The molecule has 98 valence electrons. The molecular weight excluding hydrogens is 222 g/mol. The maximum Gasteiger partial charge on any atom is 0.0963 e. The van der Waals surface area contributed by atoms with Crippen molar-refractivity contribution in [3.63, 3.8) is 0 Å².